The molecule has 0 radical (unpaired) electrons. The fourth-order valence-corrected chi connectivity index (χ4v) is 11.6. The summed E-state index contributed by atoms with van der Waals surface area (Å²) in [6.45, 7) is -4.83. The van der Waals surface area contributed by atoms with Gasteiger partial charge in [-0.25, -0.2) is 4.68 Å². The van der Waals surface area contributed by atoms with Crippen molar-refractivity contribution in [3.8, 4) is 11.4 Å². The number of aliphatic hydroxyl groups excluding tert-OH is 20. The molecule has 21 fully saturated rings. The van der Waals surface area contributed by atoms with Crippen molar-refractivity contribution < 1.29 is 209 Å². The van der Waals surface area contributed by atoms with Gasteiger partial charge in [-0.05, 0) is 26.0 Å². The van der Waals surface area contributed by atoms with Crippen molar-refractivity contribution in [3.63, 3.8) is 0 Å². The molecule has 23 rings (SSSR count). The molecule has 42 nitrogen and oxygen atoms in total. The van der Waals surface area contributed by atoms with Crippen molar-refractivity contribution in [1.29, 1.82) is 0 Å². The molecule has 2 aromatic heterocycles. The monoisotopic (exact) mass is 1490 g/mol. The Balaban J connectivity index is 0.00000137. The first-order valence-electron chi connectivity index (χ1n) is 29.6. The number of aliphatic carboxylic acids is 2. The standard InChI is InChI=1S/C49H74N4O34.2C2H4O2.Pd/c54-7-16-37-24(62)31(69)45(76-16)84-39-18(9-56)78-47(33(71)26(39)64)86-41-20(11-58)80-49(35(73)28(41)66)87-42-21(12-59)79-48(34(72)27(42)65)85-40-19(10-57)77-46(32(70)25(40)63)83-38-17(8-55)75-44(30(68)23(38)61)81-36-15(74-43(82-37)29(67)22(36)60)6-53-5-14(51-52-53)13-3-1-2-4-50-13;2*1-2(3)4;/h1-5,15-49,54-73H,6-12H2;2*1H3,(H,3,4);/q;;;+2/p-2/t15-,16-,17-,18-,19-,20-,21-,22-,23-,24-,25-,26-,27-,28-,29-,30-,31-,32-,33-,34-,35-,36-,37-,38-,39-,40-,41-,42-,43-,44-,45-,46-,47-,48-,49-;;;/m1.../s1. The Morgan fingerprint density at radius 2 is 0.583 bits per heavy atom. The van der Waals surface area contributed by atoms with E-state index < -0.39 is 273 Å². The van der Waals surface area contributed by atoms with Crippen LogP contribution in [0.4, 0.5) is 0 Å². The van der Waals surface area contributed by atoms with Gasteiger partial charge in [-0.15, -0.1) is 5.10 Å². The zero-order chi connectivity index (χ0) is 69.6. The summed E-state index contributed by atoms with van der Waals surface area (Å²) >= 11 is 0. The normalized spacial score (nSPS) is 46.1. The SMILES string of the molecule is CC(=O)[O-].CC(=O)[O-].OC[C@H]1O[C@@H]2O[C@H]3[C@H](O)[C@@H](O)[C@@H](O[C@H]4[C@H](O)[C@@H](O)[C@@H](O[C@H]5[C@H](O)[C@@H](O)[C@@H](O[C@H]6[C@H](O)[C@@H](O)[C@@H](O[C@H]7[C@H](O)[C@@H](O)[C@@H](O[C@H]8[C@H](O)[C@@H](O)[C@@H](O[C@H]1[C@H](O)[C@H]2O)O[C@@H]8CO)O[C@@H]7CO)O[C@@H]6CO)O[C@@H]5Cn1cc(-c2ccccn2)nn1)O[C@@H]4CO)O[C@@H]3CO.[Pd+2]. The molecule has 35 atom stereocenters. The van der Waals surface area contributed by atoms with Gasteiger partial charge in [-0.2, -0.15) is 0 Å². The van der Waals surface area contributed by atoms with Crippen molar-refractivity contribution in [1.82, 2.24) is 20.0 Å². The van der Waals surface area contributed by atoms with Crippen LogP contribution in [0.15, 0.2) is 30.6 Å². The average Bonchev–Trinajstić information content (AvgIpc) is 0.837. The fraction of sp³-hybridized carbons (Fsp3) is 0.830. The van der Waals surface area contributed by atoms with E-state index in [2.05, 4.69) is 15.3 Å². The number of hydrogen-bond donors (Lipinski definition) is 20. The number of ether oxygens (including phenoxy) is 14. The van der Waals surface area contributed by atoms with E-state index in [9.17, 15) is 102 Å². The van der Waals surface area contributed by atoms with Crippen molar-refractivity contribution >= 4 is 11.9 Å². The van der Waals surface area contributed by atoms with Crippen molar-refractivity contribution in [2.24, 2.45) is 0 Å². The molecule has 20 N–H and O–H groups in total. The van der Waals surface area contributed by atoms with Gasteiger partial charge in [0.1, 0.15) is 177 Å². The molecule has 0 saturated carbocycles. The number of rotatable bonds is 9. The number of carboxylic acids is 2. The van der Waals surface area contributed by atoms with Crippen molar-refractivity contribution in [3.05, 3.63) is 30.6 Å². The third kappa shape index (κ3) is 17.9. The van der Waals surface area contributed by atoms with Crippen molar-refractivity contribution in [2.75, 3.05) is 39.6 Å². The topological polar surface area (TPSA) is 658 Å². The number of carbonyl (C=O) groups excluding carboxylic acids is 2. The maximum Gasteiger partial charge on any atom is 2.00 e. The molecule has 0 unspecified atom stereocenters. The molecule has 21 saturated heterocycles. The fourth-order valence-electron chi connectivity index (χ4n) is 11.6. The van der Waals surface area contributed by atoms with Gasteiger partial charge in [-0.3, -0.25) is 4.98 Å². The molecule has 0 spiro atoms. The average molecular weight is 1490 g/mol. The van der Waals surface area contributed by atoms with Crippen LogP contribution in [-0.2, 0) is 103 Å². The second-order valence-electron chi connectivity index (χ2n) is 23.0. The first kappa shape index (κ1) is 79.9. The number of carboxylic acid groups (broad SMARTS) is 2. The molecule has 2 aromatic rings. The van der Waals surface area contributed by atoms with Crippen LogP contribution in [0, 0.1) is 0 Å². The van der Waals surface area contributed by atoms with Crippen LogP contribution in [-0.4, -0.2) is 389 Å². The van der Waals surface area contributed by atoms with Gasteiger partial charge in [0.2, 0.25) is 0 Å². The quantitative estimate of drug-likeness (QED) is 0.104. The Morgan fingerprint density at radius 3 is 0.792 bits per heavy atom. The van der Waals surface area contributed by atoms with E-state index in [1.54, 1.807) is 18.2 Å². The Labute approximate surface area is 555 Å². The molecule has 23 heterocycles. The van der Waals surface area contributed by atoms with Gasteiger partial charge in [0.15, 0.2) is 44.0 Å². The Morgan fingerprint density at radius 1 is 0.365 bits per heavy atom. The minimum atomic E-state index is -2.22. The summed E-state index contributed by atoms with van der Waals surface area (Å²) in [4.78, 5) is 22.0. The maximum atomic E-state index is 11.9. The molecule has 0 aromatic carbocycles. The van der Waals surface area contributed by atoms with E-state index >= 15 is 0 Å². The van der Waals surface area contributed by atoms with Gasteiger partial charge in [0.05, 0.1) is 58.1 Å². The molecule has 0 amide bonds. The number of hydrogen-bond acceptors (Lipinski definition) is 41. The van der Waals surface area contributed by atoms with Gasteiger partial charge < -0.3 is 188 Å². The van der Waals surface area contributed by atoms with E-state index in [-0.39, 0.29) is 26.1 Å². The van der Waals surface area contributed by atoms with Crippen LogP contribution in [0.25, 0.3) is 11.4 Å². The third-order valence-corrected chi connectivity index (χ3v) is 16.4. The molecule has 96 heavy (non-hydrogen) atoms. The Kier molecular flexibility index (Phi) is 29.5. The zero-order valence-corrected chi connectivity index (χ0v) is 52.0. The molecule has 43 heteroatoms. The summed E-state index contributed by atoms with van der Waals surface area (Å²) in [5, 5.41) is 250. The van der Waals surface area contributed by atoms with E-state index in [4.69, 9.17) is 86.1 Å². The van der Waals surface area contributed by atoms with Gasteiger partial charge >= 0.3 is 20.4 Å². The van der Waals surface area contributed by atoms with E-state index in [0.29, 0.717) is 5.69 Å². The zero-order valence-electron chi connectivity index (χ0n) is 50.4. The Hall–Kier alpha value is -3.47. The summed E-state index contributed by atoms with van der Waals surface area (Å²) in [5.41, 5.74) is 0.608. The second-order valence-corrected chi connectivity index (χ2v) is 23.0. The van der Waals surface area contributed by atoms with Crippen LogP contribution in [0.5, 0.6) is 0 Å². The molecular formula is C53H80N4O38Pd. The van der Waals surface area contributed by atoms with Crippen molar-refractivity contribution in [2.45, 2.75) is 235 Å². The van der Waals surface area contributed by atoms with Crippen LogP contribution in [0.1, 0.15) is 13.8 Å². The third-order valence-electron chi connectivity index (χ3n) is 16.4. The number of pyridine rings is 1. The number of carbonyl (C=O) groups is 2. The second kappa shape index (κ2) is 35.4. The predicted molar refractivity (Wildman–Crippen MR) is 286 cm³/mol. The molecule has 14 bridgehead atoms. The van der Waals surface area contributed by atoms with Gasteiger partial charge in [0, 0.05) is 18.1 Å². The van der Waals surface area contributed by atoms with Gasteiger partial charge in [-0.1, -0.05) is 11.3 Å². The van der Waals surface area contributed by atoms with Gasteiger partial charge in [0.25, 0.3) is 0 Å². The first-order chi connectivity index (χ1) is 45.1. The number of aliphatic hydroxyl groups is 20. The molecule has 21 aliphatic heterocycles. The molecular weight excluding hydrogens is 1410 g/mol. The summed E-state index contributed by atoms with van der Waals surface area (Å²) in [5.74, 6) is -2.17. The summed E-state index contributed by atoms with van der Waals surface area (Å²) in [6.07, 6.45) is -67.6. The molecule has 550 valence electrons. The minimum Gasteiger partial charge on any atom is -0.550 e. The number of nitrogens with zero attached hydrogens (tertiary/aromatic N) is 4. The predicted octanol–water partition coefficient (Wildman–Crippen LogP) is -16.4. The van der Waals surface area contributed by atoms with Crippen LogP contribution >= 0.6 is 0 Å². The summed E-state index contributed by atoms with van der Waals surface area (Å²) in [6, 6.07) is 4.94. The van der Waals surface area contributed by atoms with Crippen LogP contribution in [0.3, 0.4) is 0 Å². The Bertz CT molecular complexity index is 2660. The van der Waals surface area contributed by atoms with E-state index in [0.717, 1.165) is 13.8 Å². The molecule has 0 aliphatic carbocycles. The summed E-state index contributed by atoms with van der Waals surface area (Å²) in [7, 11) is 0. The molecule has 21 aliphatic rings. The summed E-state index contributed by atoms with van der Waals surface area (Å²) < 4.78 is 82.7. The first-order valence-corrected chi connectivity index (χ1v) is 29.6. The minimum absolute atomic E-state index is 0. The van der Waals surface area contributed by atoms with Crippen LogP contribution < -0.4 is 10.2 Å². The maximum absolute atomic E-state index is 11.9. The van der Waals surface area contributed by atoms with E-state index in [1.807, 2.05) is 0 Å². The van der Waals surface area contributed by atoms with E-state index in [1.165, 1.54) is 17.1 Å². The largest absolute Gasteiger partial charge is 2.00 e. The smallest absolute Gasteiger partial charge is 0.550 e. The van der Waals surface area contributed by atoms with Crippen LogP contribution in [0.2, 0.25) is 0 Å². The number of aromatic nitrogens is 4.